The largest absolute Gasteiger partial charge is 0.393 e. The molecule has 2 nitrogen and oxygen atoms in total. The third-order valence-electron chi connectivity index (χ3n) is 13.6. The van der Waals surface area contributed by atoms with E-state index in [-0.39, 0.29) is 23.0 Å². The lowest BCUT2D eigenvalue weighted by Gasteiger charge is -2.73. The van der Waals surface area contributed by atoms with E-state index in [2.05, 4.69) is 61.5 Å². The van der Waals surface area contributed by atoms with E-state index < -0.39 is 0 Å². The van der Waals surface area contributed by atoms with E-state index in [1.54, 1.807) is 0 Å². The minimum absolute atomic E-state index is 0.0289. The number of allylic oxidation sites excluding steroid dienone is 1. The lowest BCUT2D eigenvalue weighted by Crippen LogP contribution is -2.67. The summed E-state index contributed by atoms with van der Waals surface area (Å²) in [4.78, 5) is 0. The van der Waals surface area contributed by atoms with Crippen LogP contribution in [0.1, 0.15) is 107 Å². The summed E-state index contributed by atoms with van der Waals surface area (Å²) >= 11 is 0. The molecule has 0 aromatic rings. The van der Waals surface area contributed by atoms with Crippen LogP contribution >= 0.6 is 0 Å². The van der Waals surface area contributed by atoms with Crippen molar-refractivity contribution in [2.75, 3.05) is 0 Å². The Labute approximate surface area is 197 Å². The summed E-state index contributed by atoms with van der Waals surface area (Å²) in [5, 5.41) is 22.1. The Bertz CT molecular complexity index is 814. The Morgan fingerprint density at radius 2 is 1.44 bits per heavy atom. The Balaban J connectivity index is 1.56. The van der Waals surface area contributed by atoms with E-state index in [4.69, 9.17) is 0 Å². The van der Waals surface area contributed by atoms with Gasteiger partial charge in [0.05, 0.1) is 12.2 Å². The molecular weight excluding hydrogens is 392 g/mol. The van der Waals surface area contributed by atoms with Crippen molar-refractivity contribution < 1.29 is 10.2 Å². The topological polar surface area (TPSA) is 40.5 Å². The zero-order valence-corrected chi connectivity index (χ0v) is 22.2. The van der Waals surface area contributed by atoms with Crippen LogP contribution in [0.15, 0.2) is 11.6 Å². The van der Waals surface area contributed by atoms with Gasteiger partial charge in [-0.1, -0.05) is 60.1 Å². The molecule has 4 saturated carbocycles. The van der Waals surface area contributed by atoms with E-state index in [0.29, 0.717) is 39.9 Å². The molecule has 5 rings (SSSR count). The molecule has 0 unspecified atom stereocenters. The highest BCUT2D eigenvalue weighted by Gasteiger charge is 2.70. The Morgan fingerprint density at radius 1 is 0.750 bits per heavy atom. The van der Waals surface area contributed by atoms with Crippen LogP contribution in [0, 0.1) is 56.7 Å². The zero-order valence-electron chi connectivity index (χ0n) is 22.2. The second-order valence-electron chi connectivity index (χ2n) is 14.7. The molecule has 0 saturated heterocycles. The molecule has 0 bridgehead atoms. The Kier molecular flexibility index (Phi) is 5.02. The predicted molar refractivity (Wildman–Crippen MR) is 132 cm³/mol. The van der Waals surface area contributed by atoms with Crippen molar-refractivity contribution >= 4 is 0 Å². The van der Waals surface area contributed by atoms with Crippen LogP contribution in [0.2, 0.25) is 0 Å². The van der Waals surface area contributed by atoms with Crippen LogP contribution in [0.5, 0.6) is 0 Å². The molecule has 0 amide bonds. The lowest BCUT2D eigenvalue weighted by molar-refractivity contribution is -0.255. The summed E-state index contributed by atoms with van der Waals surface area (Å²) in [6.45, 7) is 19.8. The van der Waals surface area contributed by atoms with Gasteiger partial charge in [-0.25, -0.2) is 0 Å². The smallest absolute Gasteiger partial charge is 0.0780 e. The van der Waals surface area contributed by atoms with Crippen molar-refractivity contribution in [2.45, 2.75) is 119 Å². The molecule has 5 aliphatic carbocycles. The maximum Gasteiger partial charge on any atom is 0.0780 e. The standard InChI is InChI=1S/C30H50O2/c1-18-17-24(32)28(6)15-16-29(7)20(25(28)19(18)2)9-10-22-27(5)13-12-23(31)26(3,4)21(27)11-14-30(22,29)8/h17,19-25,31-32H,9-16H2,1-8H3/t19-,20-,21+,22-,23+,24-,25+,27+,28+,29-,30-/m1/s1. The van der Waals surface area contributed by atoms with E-state index in [1.807, 2.05) is 0 Å². The first-order chi connectivity index (χ1) is 14.7. The number of aliphatic hydroxyl groups excluding tert-OH is 2. The quantitative estimate of drug-likeness (QED) is 0.397. The maximum absolute atomic E-state index is 11.2. The summed E-state index contributed by atoms with van der Waals surface area (Å²) in [6.07, 6.45) is 11.6. The molecule has 0 radical (unpaired) electrons. The average molecular weight is 443 g/mol. The van der Waals surface area contributed by atoms with Crippen molar-refractivity contribution in [1.29, 1.82) is 0 Å². The van der Waals surface area contributed by atoms with Crippen molar-refractivity contribution in [3.8, 4) is 0 Å². The van der Waals surface area contributed by atoms with Crippen molar-refractivity contribution in [3.05, 3.63) is 11.6 Å². The molecule has 11 atom stereocenters. The molecule has 2 heteroatoms. The average Bonchev–Trinajstić information content (AvgIpc) is 2.71. The predicted octanol–water partition coefficient (Wildman–Crippen LogP) is 7.00. The van der Waals surface area contributed by atoms with Gasteiger partial charge in [0.1, 0.15) is 0 Å². The minimum Gasteiger partial charge on any atom is -0.393 e. The van der Waals surface area contributed by atoms with E-state index >= 15 is 0 Å². The molecule has 32 heavy (non-hydrogen) atoms. The molecule has 0 aromatic carbocycles. The van der Waals surface area contributed by atoms with Crippen molar-refractivity contribution in [1.82, 2.24) is 0 Å². The van der Waals surface area contributed by atoms with E-state index in [0.717, 1.165) is 18.8 Å². The molecule has 182 valence electrons. The SMILES string of the molecule is CC1=C[C@@H](O)[C@]2(C)CC[C@]3(C)[C@H](CC[C@@H]4[C@@]5(C)CC[C@H](O)C(C)(C)[C@@H]5CC[C@]43C)[C@@H]2[C@@H]1C. The van der Waals surface area contributed by atoms with Gasteiger partial charge in [-0.3, -0.25) is 0 Å². The third kappa shape index (κ3) is 2.61. The van der Waals surface area contributed by atoms with Gasteiger partial charge in [0.15, 0.2) is 0 Å². The van der Waals surface area contributed by atoms with Crippen molar-refractivity contribution in [3.63, 3.8) is 0 Å². The molecule has 0 spiro atoms. The third-order valence-corrected chi connectivity index (χ3v) is 13.6. The van der Waals surface area contributed by atoms with Crippen LogP contribution in [0.25, 0.3) is 0 Å². The van der Waals surface area contributed by atoms with Gasteiger partial charge >= 0.3 is 0 Å². The second kappa shape index (κ2) is 6.87. The summed E-state index contributed by atoms with van der Waals surface area (Å²) in [5.41, 5.74) is 2.53. The highest BCUT2D eigenvalue weighted by molar-refractivity contribution is 5.24. The number of aliphatic hydroxyl groups is 2. The van der Waals surface area contributed by atoms with Gasteiger partial charge in [-0.2, -0.15) is 0 Å². The van der Waals surface area contributed by atoms with Crippen LogP contribution in [0.3, 0.4) is 0 Å². The van der Waals surface area contributed by atoms with E-state index in [9.17, 15) is 10.2 Å². The maximum atomic E-state index is 11.2. The molecule has 0 aliphatic heterocycles. The normalized spacial score (nSPS) is 59.2. The van der Waals surface area contributed by atoms with E-state index in [1.165, 1.54) is 44.1 Å². The molecular formula is C30H50O2. The first-order valence-electron chi connectivity index (χ1n) is 13.8. The van der Waals surface area contributed by atoms with Crippen LogP contribution in [-0.4, -0.2) is 22.4 Å². The van der Waals surface area contributed by atoms with Gasteiger partial charge < -0.3 is 10.2 Å². The first kappa shape index (κ1) is 23.4. The van der Waals surface area contributed by atoms with Crippen LogP contribution < -0.4 is 0 Å². The van der Waals surface area contributed by atoms with Gasteiger partial charge in [0, 0.05) is 5.41 Å². The van der Waals surface area contributed by atoms with Crippen LogP contribution in [-0.2, 0) is 0 Å². The molecule has 2 N–H and O–H groups in total. The van der Waals surface area contributed by atoms with Gasteiger partial charge in [-0.15, -0.1) is 0 Å². The van der Waals surface area contributed by atoms with Crippen molar-refractivity contribution in [2.24, 2.45) is 56.7 Å². The second-order valence-corrected chi connectivity index (χ2v) is 14.7. The Morgan fingerprint density at radius 3 is 2.12 bits per heavy atom. The highest BCUT2D eigenvalue weighted by atomic mass is 16.3. The molecule has 0 heterocycles. The fourth-order valence-electron chi connectivity index (χ4n) is 11.3. The number of hydrogen-bond acceptors (Lipinski definition) is 2. The monoisotopic (exact) mass is 442 g/mol. The summed E-state index contributed by atoms with van der Waals surface area (Å²) in [6, 6.07) is 0. The number of fused-ring (bicyclic) bond motifs is 7. The fraction of sp³-hybridized carbons (Fsp3) is 0.933. The highest BCUT2D eigenvalue weighted by Crippen LogP contribution is 2.76. The summed E-state index contributed by atoms with van der Waals surface area (Å²) in [7, 11) is 0. The number of hydrogen-bond donors (Lipinski definition) is 2. The summed E-state index contributed by atoms with van der Waals surface area (Å²) < 4.78 is 0. The molecule has 5 aliphatic rings. The van der Waals surface area contributed by atoms with Gasteiger partial charge in [-0.05, 0) is 110 Å². The fourth-order valence-corrected chi connectivity index (χ4v) is 11.3. The first-order valence-corrected chi connectivity index (χ1v) is 13.8. The van der Waals surface area contributed by atoms with Crippen LogP contribution in [0.4, 0.5) is 0 Å². The Hall–Kier alpha value is -0.340. The van der Waals surface area contributed by atoms with Gasteiger partial charge in [0.25, 0.3) is 0 Å². The number of rotatable bonds is 0. The summed E-state index contributed by atoms with van der Waals surface area (Å²) in [5.74, 6) is 3.26. The lowest BCUT2D eigenvalue weighted by atomic mass is 9.31. The van der Waals surface area contributed by atoms with Gasteiger partial charge in [0.2, 0.25) is 0 Å². The molecule has 4 fully saturated rings. The minimum atomic E-state index is -0.285. The molecule has 0 aromatic heterocycles. The zero-order chi connectivity index (χ0) is 23.5.